The second-order valence-electron chi connectivity index (χ2n) is 7.37. The average molecular weight is 416 g/mol. The minimum absolute atomic E-state index is 0.138. The first-order chi connectivity index (χ1) is 14.7. The highest BCUT2D eigenvalue weighted by molar-refractivity contribution is 7.09. The number of nitrogens with zero attached hydrogens (tertiary/aromatic N) is 4. The SMILES string of the molecule is Cc1ccccc1-n1nc(C(=O)NCc2nc(-c3ccncc3)cs2)c2c1CCC2. The number of para-hydroxylation sites is 1. The Bertz CT molecular complexity index is 1210. The van der Waals surface area contributed by atoms with Gasteiger partial charge in [0, 0.05) is 34.6 Å². The van der Waals surface area contributed by atoms with Gasteiger partial charge in [-0.3, -0.25) is 9.78 Å². The lowest BCUT2D eigenvalue weighted by molar-refractivity contribution is 0.0944. The summed E-state index contributed by atoms with van der Waals surface area (Å²) in [5, 5.41) is 10.6. The normalized spacial score (nSPS) is 12.7. The van der Waals surface area contributed by atoms with E-state index in [1.165, 1.54) is 11.3 Å². The van der Waals surface area contributed by atoms with Crippen molar-refractivity contribution in [1.29, 1.82) is 0 Å². The Hall–Kier alpha value is -3.32. The lowest BCUT2D eigenvalue weighted by Crippen LogP contribution is -2.24. The molecule has 0 aliphatic heterocycles. The molecule has 1 aliphatic rings. The van der Waals surface area contributed by atoms with Gasteiger partial charge in [-0.05, 0) is 49.9 Å². The fourth-order valence-electron chi connectivity index (χ4n) is 3.91. The first-order valence-electron chi connectivity index (χ1n) is 10.0. The molecule has 0 atom stereocenters. The second-order valence-corrected chi connectivity index (χ2v) is 8.31. The summed E-state index contributed by atoms with van der Waals surface area (Å²) in [6.07, 6.45) is 6.41. The van der Waals surface area contributed by atoms with Gasteiger partial charge in [0.25, 0.3) is 5.91 Å². The Morgan fingerprint density at radius 2 is 2.00 bits per heavy atom. The summed E-state index contributed by atoms with van der Waals surface area (Å²) in [6.45, 7) is 2.46. The highest BCUT2D eigenvalue weighted by Crippen LogP contribution is 2.29. The van der Waals surface area contributed by atoms with E-state index >= 15 is 0 Å². The first-order valence-corrected chi connectivity index (χ1v) is 10.9. The zero-order chi connectivity index (χ0) is 20.5. The number of aromatic nitrogens is 4. The lowest BCUT2D eigenvalue weighted by Gasteiger charge is -2.08. The number of hydrogen-bond donors (Lipinski definition) is 1. The van der Waals surface area contributed by atoms with Gasteiger partial charge >= 0.3 is 0 Å². The monoisotopic (exact) mass is 415 g/mol. The number of aryl methyl sites for hydroxylation is 1. The maximum Gasteiger partial charge on any atom is 0.272 e. The van der Waals surface area contributed by atoms with Crippen molar-refractivity contribution in [2.24, 2.45) is 0 Å². The van der Waals surface area contributed by atoms with Crippen LogP contribution in [-0.2, 0) is 19.4 Å². The van der Waals surface area contributed by atoms with E-state index in [0.29, 0.717) is 12.2 Å². The first kappa shape index (κ1) is 18.7. The molecule has 0 unspecified atom stereocenters. The quantitative estimate of drug-likeness (QED) is 0.532. The Balaban J connectivity index is 1.36. The van der Waals surface area contributed by atoms with Crippen molar-refractivity contribution < 1.29 is 4.79 Å². The summed E-state index contributed by atoms with van der Waals surface area (Å²) in [6, 6.07) is 12.0. The number of benzene rings is 1. The molecule has 1 N–H and O–H groups in total. The third-order valence-corrected chi connectivity index (χ3v) is 6.27. The molecule has 1 aliphatic carbocycles. The van der Waals surface area contributed by atoms with Crippen LogP contribution in [0.2, 0.25) is 0 Å². The van der Waals surface area contributed by atoms with Crippen LogP contribution in [0.3, 0.4) is 0 Å². The van der Waals surface area contributed by atoms with Crippen molar-refractivity contribution in [3.63, 3.8) is 0 Å². The van der Waals surface area contributed by atoms with Gasteiger partial charge in [0.1, 0.15) is 5.01 Å². The van der Waals surface area contributed by atoms with Gasteiger partial charge in [-0.1, -0.05) is 18.2 Å². The number of carbonyl (C=O) groups excluding carboxylic acids is 1. The molecule has 3 heterocycles. The maximum absolute atomic E-state index is 13.0. The van der Waals surface area contributed by atoms with Crippen LogP contribution >= 0.6 is 11.3 Å². The Labute approximate surface area is 178 Å². The van der Waals surface area contributed by atoms with Gasteiger partial charge < -0.3 is 5.32 Å². The van der Waals surface area contributed by atoms with Gasteiger partial charge in [-0.25, -0.2) is 9.67 Å². The van der Waals surface area contributed by atoms with Crippen LogP contribution in [0.1, 0.15) is 38.7 Å². The third kappa shape index (κ3) is 3.41. The van der Waals surface area contributed by atoms with E-state index in [4.69, 9.17) is 5.10 Å². The lowest BCUT2D eigenvalue weighted by atomic mass is 10.2. The van der Waals surface area contributed by atoms with E-state index in [1.54, 1.807) is 12.4 Å². The highest BCUT2D eigenvalue weighted by atomic mass is 32.1. The molecule has 0 fully saturated rings. The van der Waals surface area contributed by atoms with Crippen LogP contribution < -0.4 is 5.32 Å². The molecule has 7 heteroatoms. The van der Waals surface area contributed by atoms with Crippen molar-refractivity contribution in [3.8, 4) is 16.9 Å². The zero-order valence-corrected chi connectivity index (χ0v) is 17.4. The molecule has 6 nitrogen and oxygen atoms in total. The fourth-order valence-corrected chi connectivity index (χ4v) is 4.65. The summed E-state index contributed by atoms with van der Waals surface area (Å²) in [5.74, 6) is -0.138. The molecule has 0 saturated heterocycles. The highest BCUT2D eigenvalue weighted by Gasteiger charge is 2.27. The predicted octanol–water partition coefficient (Wildman–Crippen LogP) is 4.12. The Morgan fingerprint density at radius 1 is 1.17 bits per heavy atom. The van der Waals surface area contributed by atoms with Crippen molar-refractivity contribution in [2.45, 2.75) is 32.7 Å². The molecular weight excluding hydrogens is 394 g/mol. The van der Waals surface area contributed by atoms with Gasteiger partial charge in [0.2, 0.25) is 0 Å². The van der Waals surface area contributed by atoms with Crippen LogP contribution in [0.15, 0.2) is 54.2 Å². The molecule has 0 radical (unpaired) electrons. The average Bonchev–Trinajstić information content (AvgIpc) is 3.50. The van der Waals surface area contributed by atoms with Crippen LogP contribution in [0.5, 0.6) is 0 Å². The Morgan fingerprint density at radius 3 is 2.83 bits per heavy atom. The molecule has 1 aromatic carbocycles. The molecule has 150 valence electrons. The number of rotatable bonds is 5. The number of nitrogens with one attached hydrogen (secondary N) is 1. The van der Waals surface area contributed by atoms with Crippen molar-refractivity contribution in [3.05, 3.63) is 81.7 Å². The number of fused-ring (bicyclic) bond motifs is 1. The van der Waals surface area contributed by atoms with E-state index in [9.17, 15) is 4.79 Å². The van der Waals surface area contributed by atoms with Crippen LogP contribution in [0, 0.1) is 6.92 Å². The summed E-state index contributed by atoms with van der Waals surface area (Å²) in [7, 11) is 0. The fraction of sp³-hybridized carbons (Fsp3) is 0.217. The van der Waals surface area contributed by atoms with Crippen LogP contribution in [-0.4, -0.2) is 25.7 Å². The van der Waals surface area contributed by atoms with E-state index in [0.717, 1.165) is 58.0 Å². The van der Waals surface area contributed by atoms with Gasteiger partial charge in [-0.15, -0.1) is 11.3 Å². The van der Waals surface area contributed by atoms with Crippen molar-refractivity contribution in [2.75, 3.05) is 0 Å². The molecule has 0 spiro atoms. The number of pyridine rings is 1. The van der Waals surface area contributed by atoms with E-state index < -0.39 is 0 Å². The summed E-state index contributed by atoms with van der Waals surface area (Å²) in [4.78, 5) is 21.6. The minimum Gasteiger partial charge on any atom is -0.344 e. The topological polar surface area (TPSA) is 72.7 Å². The standard InChI is InChI=1S/C23H21N5OS/c1-15-5-2-3-7-19(15)28-20-8-4-6-17(20)22(27-28)23(29)25-13-21-26-18(14-30-21)16-9-11-24-12-10-16/h2-3,5,7,9-12,14H,4,6,8,13H2,1H3,(H,25,29). The van der Waals surface area contributed by atoms with Crippen molar-refractivity contribution in [1.82, 2.24) is 25.1 Å². The van der Waals surface area contributed by atoms with Crippen LogP contribution in [0.4, 0.5) is 0 Å². The third-order valence-electron chi connectivity index (χ3n) is 5.42. The van der Waals surface area contributed by atoms with Gasteiger partial charge in [0.05, 0.1) is 17.9 Å². The van der Waals surface area contributed by atoms with Crippen molar-refractivity contribution >= 4 is 17.2 Å². The minimum atomic E-state index is -0.138. The largest absolute Gasteiger partial charge is 0.344 e. The van der Waals surface area contributed by atoms with E-state index in [2.05, 4.69) is 34.3 Å². The molecule has 0 bridgehead atoms. The smallest absolute Gasteiger partial charge is 0.272 e. The Kier molecular flexibility index (Phi) is 4.88. The van der Waals surface area contributed by atoms with Crippen LogP contribution in [0.25, 0.3) is 16.9 Å². The molecule has 0 saturated carbocycles. The molecule has 3 aromatic heterocycles. The molecule has 4 aromatic rings. The summed E-state index contributed by atoms with van der Waals surface area (Å²) < 4.78 is 1.96. The zero-order valence-electron chi connectivity index (χ0n) is 16.6. The molecule has 1 amide bonds. The molecule has 30 heavy (non-hydrogen) atoms. The summed E-state index contributed by atoms with van der Waals surface area (Å²) in [5.41, 5.74) is 6.88. The molecular formula is C23H21N5OS. The number of hydrogen-bond acceptors (Lipinski definition) is 5. The summed E-state index contributed by atoms with van der Waals surface area (Å²) >= 11 is 1.54. The van der Waals surface area contributed by atoms with Gasteiger partial charge in [0.15, 0.2) is 5.69 Å². The predicted molar refractivity (Wildman–Crippen MR) is 117 cm³/mol. The van der Waals surface area contributed by atoms with Gasteiger partial charge in [-0.2, -0.15) is 5.10 Å². The molecule has 5 rings (SSSR count). The van der Waals surface area contributed by atoms with E-state index in [-0.39, 0.29) is 5.91 Å². The number of amides is 1. The van der Waals surface area contributed by atoms with E-state index in [1.807, 2.05) is 34.3 Å². The maximum atomic E-state index is 13.0. The number of thiazole rings is 1. The second kappa shape index (κ2) is 7.84. The number of carbonyl (C=O) groups is 1.